The van der Waals surface area contributed by atoms with Crippen LogP contribution in [0.15, 0.2) is 72.8 Å². The number of hydrogen-bond donors (Lipinski definition) is 0. The monoisotopic (exact) mass is 360 g/mol. The van der Waals surface area contributed by atoms with E-state index in [-0.39, 0.29) is 16.8 Å². The Balaban J connectivity index is 1.64. The molecule has 3 aromatic rings. The molecule has 0 unspecified atom stereocenters. The summed E-state index contributed by atoms with van der Waals surface area (Å²) in [6, 6.07) is 19.6. The standard InChI is InChI=1S/C20H12N2O5/c23-19-16-7-4-8-17(22(25)26)18(16)20(24)21(19)13-9-11-15(12-10-13)27-14-5-2-1-3-6-14/h1-12H. The summed E-state index contributed by atoms with van der Waals surface area (Å²) in [5, 5.41) is 11.2. The lowest BCUT2D eigenvalue weighted by Crippen LogP contribution is -2.29. The van der Waals surface area contributed by atoms with Gasteiger partial charge >= 0.3 is 0 Å². The van der Waals surface area contributed by atoms with E-state index in [1.54, 1.807) is 36.4 Å². The van der Waals surface area contributed by atoms with E-state index in [1.165, 1.54) is 18.2 Å². The van der Waals surface area contributed by atoms with Gasteiger partial charge in [-0.15, -0.1) is 0 Å². The van der Waals surface area contributed by atoms with Crippen molar-refractivity contribution in [3.8, 4) is 11.5 Å². The van der Waals surface area contributed by atoms with Crippen molar-refractivity contribution >= 4 is 23.2 Å². The zero-order valence-corrected chi connectivity index (χ0v) is 13.9. The highest BCUT2D eigenvalue weighted by Crippen LogP contribution is 2.34. The Bertz CT molecular complexity index is 1060. The van der Waals surface area contributed by atoms with Crippen LogP contribution < -0.4 is 9.64 Å². The number of nitro groups is 1. The number of hydrogen-bond acceptors (Lipinski definition) is 5. The largest absolute Gasteiger partial charge is 0.457 e. The van der Waals surface area contributed by atoms with Gasteiger partial charge in [-0.1, -0.05) is 24.3 Å². The maximum atomic E-state index is 12.7. The van der Waals surface area contributed by atoms with E-state index in [4.69, 9.17) is 4.74 Å². The molecule has 1 heterocycles. The van der Waals surface area contributed by atoms with Crippen molar-refractivity contribution in [2.45, 2.75) is 0 Å². The third-order valence-corrected chi connectivity index (χ3v) is 4.16. The fourth-order valence-electron chi connectivity index (χ4n) is 2.94. The molecule has 0 aliphatic carbocycles. The molecule has 132 valence electrons. The molecule has 1 aliphatic heterocycles. The van der Waals surface area contributed by atoms with E-state index < -0.39 is 16.7 Å². The number of carbonyl (C=O) groups is 2. The molecule has 2 amide bonds. The first-order chi connectivity index (χ1) is 13.1. The topological polar surface area (TPSA) is 89.8 Å². The van der Waals surface area contributed by atoms with Gasteiger partial charge in [-0.2, -0.15) is 0 Å². The zero-order valence-electron chi connectivity index (χ0n) is 13.9. The number of benzene rings is 3. The van der Waals surface area contributed by atoms with E-state index >= 15 is 0 Å². The molecule has 4 rings (SSSR count). The van der Waals surface area contributed by atoms with Crippen LogP contribution >= 0.6 is 0 Å². The molecule has 3 aromatic carbocycles. The Morgan fingerprint density at radius 2 is 1.44 bits per heavy atom. The smallest absolute Gasteiger partial charge is 0.283 e. The van der Waals surface area contributed by atoms with Gasteiger partial charge in [-0.3, -0.25) is 19.7 Å². The maximum Gasteiger partial charge on any atom is 0.283 e. The quantitative estimate of drug-likeness (QED) is 0.395. The van der Waals surface area contributed by atoms with Crippen LogP contribution in [0.4, 0.5) is 11.4 Å². The molecule has 7 heteroatoms. The van der Waals surface area contributed by atoms with Crippen molar-refractivity contribution in [1.82, 2.24) is 0 Å². The predicted octanol–water partition coefficient (Wildman–Crippen LogP) is 4.19. The Labute approximate surface area is 153 Å². The van der Waals surface area contributed by atoms with Crippen LogP contribution in [-0.2, 0) is 0 Å². The predicted molar refractivity (Wildman–Crippen MR) is 97.2 cm³/mol. The number of para-hydroxylation sites is 1. The molecule has 7 nitrogen and oxygen atoms in total. The molecule has 0 bridgehead atoms. The second-order valence-electron chi connectivity index (χ2n) is 5.81. The van der Waals surface area contributed by atoms with Gasteiger partial charge in [-0.25, -0.2) is 4.90 Å². The van der Waals surface area contributed by atoms with Crippen molar-refractivity contribution in [2.75, 3.05) is 4.90 Å². The minimum absolute atomic E-state index is 0.0267. The van der Waals surface area contributed by atoms with Gasteiger partial charge in [0.15, 0.2) is 0 Å². The van der Waals surface area contributed by atoms with Gasteiger partial charge in [0, 0.05) is 6.07 Å². The number of carbonyl (C=O) groups excluding carboxylic acids is 2. The average Bonchev–Trinajstić information content (AvgIpc) is 2.94. The third-order valence-electron chi connectivity index (χ3n) is 4.16. The Morgan fingerprint density at radius 1 is 0.778 bits per heavy atom. The van der Waals surface area contributed by atoms with Gasteiger partial charge in [0.1, 0.15) is 17.1 Å². The summed E-state index contributed by atoms with van der Waals surface area (Å²) < 4.78 is 5.68. The number of anilines is 1. The summed E-state index contributed by atoms with van der Waals surface area (Å²) in [7, 11) is 0. The van der Waals surface area contributed by atoms with E-state index in [2.05, 4.69) is 0 Å². The van der Waals surface area contributed by atoms with Gasteiger partial charge < -0.3 is 4.74 Å². The van der Waals surface area contributed by atoms with Crippen molar-refractivity contribution in [1.29, 1.82) is 0 Å². The minimum atomic E-state index is -0.709. The summed E-state index contributed by atoms with van der Waals surface area (Å²) >= 11 is 0. The zero-order chi connectivity index (χ0) is 19.0. The van der Waals surface area contributed by atoms with Crippen LogP contribution in [0.5, 0.6) is 11.5 Å². The molecule has 0 fully saturated rings. The summed E-state index contributed by atoms with van der Waals surface area (Å²) in [6.45, 7) is 0. The number of fused-ring (bicyclic) bond motifs is 1. The minimum Gasteiger partial charge on any atom is -0.457 e. The molecule has 1 aliphatic rings. The normalized spacial score (nSPS) is 12.8. The molecule has 0 N–H and O–H groups in total. The molecular formula is C20H12N2O5. The lowest BCUT2D eigenvalue weighted by Gasteiger charge is -2.14. The van der Waals surface area contributed by atoms with Crippen LogP contribution in [0.2, 0.25) is 0 Å². The number of rotatable bonds is 4. The van der Waals surface area contributed by atoms with E-state index in [1.807, 2.05) is 18.2 Å². The highest BCUT2D eigenvalue weighted by molar-refractivity contribution is 6.35. The lowest BCUT2D eigenvalue weighted by molar-refractivity contribution is -0.385. The molecule has 0 aromatic heterocycles. The van der Waals surface area contributed by atoms with Gasteiger partial charge in [0.05, 0.1) is 16.2 Å². The Hall–Kier alpha value is -4.00. The third kappa shape index (κ3) is 2.81. The number of imide groups is 1. The van der Waals surface area contributed by atoms with Gasteiger partial charge in [0.25, 0.3) is 17.5 Å². The highest BCUT2D eigenvalue weighted by atomic mass is 16.6. The van der Waals surface area contributed by atoms with E-state index in [9.17, 15) is 19.7 Å². The van der Waals surface area contributed by atoms with E-state index in [0.29, 0.717) is 17.2 Å². The molecule has 27 heavy (non-hydrogen) atoms. The van der Waals surface area contributed by atoms with Crippen LogP contribution in [0.3, 0.4) is 0 Å². The van der Waals surface area contributed by atoms with E-state index in [0.717, 1.165) is 4.90 Å². The average molecular weight is 360 g/mol. The fourth-order valence-corrected chi connectivity index (χ4v) is 2.94. The van der Waals surface area contributed by atoms with Crippen LogP contribution in [0.1, 0.15) is 20.7 Å². The second-order valence-corrected chi connectivity index (χ2v) is 5.81. The maximum absolute atomic E-state index is 12.7. The summed E-state index contributed by atoms with van der Waals surface area (Å²) in [4.78, 5) is 36.7. The molecular weight excluding hydrogens is 348 g/mol. The first-order valence-electron chi connectivity index (χ1n) is 8.05. The van der Waals surface area contributed by atoms with Gasteiger partial charge in [-0.05, 0) is 42.5 Å². The number of nitro benzene ring substituents is 1. The van der Waals surface area contributed by atoms with Crippen molar-refractivity contribution in [3.63, 3.8) is 0 Å². The molecule has 0 saturated carbocycles. The van der Waals surface area contributed by atoms with Crippen molar-refractivity contribution in [2.24, 2.45) is 0 Å². The lowest BCUT2D eigenvalue weighted by atomic mass is 10.1. The van der Waals surface area contributed by atoms with Crippen LogP contribution in [-0.4, -0.2) is 16.7 Å². The molecule has 0 radical (unpaired) electrons. The van der Waals surface area contributed by atoms with Crippen LogP contribution in [0.25, 0.3) is 0 Å². The Morgan fingerprint density at radius 3 is 2.11 bits per heavy atom. The van der Waals surface area contributed by atoms with Crippen molar-refractivity contribution < 1.29 is 19.2 Å². The molecule has 0 atom stereocenters. The molecule has 0 saturated heterocycles. The number of nitrogens with zero attached hydrogens (tertiary/aromatic N) is 2. The highest BCUT2D eigenvalue weighted by Gasteiger charge is 2.41. The van der Waals surface area contributed by atoms with Crippen molar-refractivity contribution in [3.05, 3.63) is 94.0 Å². The number of amides is 2. The van der Waals surface area contributed by atoms with Gasteiger partial charge in [0.2, 0.25) is 0 Å². The summed E-state index contributed by atoms with van der Waals surface area (Å²) in [5.74, 6) is -0.108. The Kier molecular flexibility index (Phi) is 3.89. The summed E-state index contributed by atoms with van der Waals surface area (Å²) in [6.07, 6.45) is 0. The summed E-state index contributed by atoms with van der Waals surface area (Å²) in [5.41, 5.74) is -0.218. The first kappa shape index (κ1) is 16.5. The SMILES string of the molecule is O=C1c2cccc([N+](=O)[O-])c2C(=O)N1c1ccc(Oc2ccccc2)cc1. The fraction of sp³-hybridized carbons (Fsp3) is 0. The number of ether oxygens (including phenoxy) is 1. The first-order valence-corrected chi connectivity index (χ1v) is 8.05. The second kappa shape index (κ2) is 6.38. The molecule has 0 spiro atoms. The van der Waals surface area contributed by atoms with Crippen LogP contribution in [0, 0.1) is 10.1 Å².